The number of halogens is 1. The second-order valence-electron chi connectivity index (χ2n) is 6.29. The number of rotatable bonds is 4. The number of nitrogens with zero attached hydrogens (tertiary/aromatic N) is 5. The van der Waals surface area contributed by atoms with Gasteiger partial charge in [-0.3, -0.25) is 4.98 Å². The smallest absolute Gasteiger partial charge is 0.267 e. The molecule has 1 aliphatic heterocycles. The number of hydrogen-bond acceptors (Lipinski definition) is 7. The van der Waals surface area contributed by atoms with E-state index in [9.17, 15) is 12.8 Å². The summed E-state index contributed by atoms with van der Waals surface area (Å²) in [5.41, 5.74) is 1.24. The predicted molar refractivity (Wildman–Crippen MR) is 92.6 cm³/mol. The quantitative estimate of drug-likeness (QED) is 0.674. The minimum Gasteiger partial charge on any atom is -0.419 e. The van der Waals surface area contributed by atoms with Crippen molar-refractivity contribution in [2.75, 3.05) is 13.1 Å². The highest BCUT2D eigenvalue weighted by atomic mass is 32.2. The first-order chi connectivity index (χ1) is 12.9. The molecular weight excluding hydrogens is 373 g/mol. The maximum Gasteiger partial charge on any atom is 0.267 e. The van der Waals surface area contributed by atoms with Crippen molar-refractivity contribution in [3.8, 4) is 11.6 Å². The summed E-state index contributed by atoms with van der Waals surface area (Å²) in [5.74, 6) is -0.0766. The third-order valence-corrected chi connectivity index (χ3v) is 6.27. The van der Waals surface area contributed by atoms with E-state index in [4.69, 9.17) is 4.42 Å². The average molecular weight is 389 g/mol. The average Bonchev–Trinajstić information content (AvgIpc) is 3.32. The first-order valence-electron chi connectivity index (χ1n) is 8.31. The van der Waals surface area contributed by atoms with E-state index < -0.39 is 15.8 Å². The highest BCUT2D eigenvalue weighted by Gasteiger charge is 2.35. The minimum absolute atomic E-state index is 0.0608. The van der Waals surface area contributed by atoms with Gasteiger partial charge in [-0.05, 0) is 37.6 Å². The molecule has 1 aliphatic rings. The Labute approximate surface area is 155 Å². The fourth-order valence-corrected chi connectivity index (χ4v) is 4.41. The van der Waals surface area contributed by atoms with Gasteiger partial charge in [0, 0.05) is 19.3 Å². The summed E-state index contributed by atoms with van der Waals surface area (Å²) in [6, 6.07) is 4.79. The van der Waals surface area contributed by atoms with Crippen molar-refractivity contribution in [1.82, 2.24) is 24.5 Å². The Morgan fingerprint density at radius 2 is 1.93 bits per heavy atom. The maximum absolute atomic E-state index is 13.1. The highest BCUT2D eigenvalue weighted by molar-refractivity contribution is 7.89. The Hall–Kier alpha value is -2.72. The molecule has 1 fully saturated rings. The van der Waals surface area contributed by atoms with Crippen LogP contribution in [-0.4, -0.2) is 46.0 Å². The molecule has 1 aromatic carbocycles. The second-order valence-corrected chi connectivity index (χ2v) is 8.23. The van der Waals surface area contributed by atoms with E-state index in [2.05, 4.69) is 20.2 Å². The van der Waals surface area contributed by atoms with Crippen molar-refractivity contribution in [3.63, 3.8) is 0 Å². The SMILES string of the molecule is Cc1cnc(-c2nnc(C3CCN(S(=O)(=O)c4ccc(F)cc4)C3)o2)cn1. The molecule has 10 heteroatoms. The van der Waals surface area contributed by atoms with E-state index >= 15 is 0 Å². The van der Waals surface area contributed by atoms with E-state index in [1.54, 1.807) is 12.4 Å². The molecule has 0 N–H and O–H groups in total. The van der Waals surface area contributed by atoms with Gasteiger partial charge >= 0.3 is 0 Å². The number of benzene rings is 1. The molecule has 8 nitrogen and oxygen atoms in total. The lowest BCUT2D eigenvalue weighted by atomic mass is 10.1. The monoisotopic (exact) mass is 389 g/mol. The fourth-order valence-electron chi connectivity index (χ4n) is 2.91. The van der Waals surface area contributed by atoms with Crippen LogP contribution in [0.15, 0.2) is 46.0 Å². The van der Waals surface area contributed by atoms with Gasteiger partial charge in [-0.2, -0.15) is 4.31 Å². The Balaban J connectivity index is 1.51. The van der Waals surface area contributed by atoms with Crippen molar-refractivity contribution in [2.45, 2.75) is 24.2 Å². The van der Waals surface area contributed by atoms with Gasteiger partial charge in [-0.1, -0.05) is 0 Å². The lowest BCUT2D eigenvalue weighted by molar-refractivity contribution is 0.439. The van der Waals surface area contributed by atoms with E-state index in [0.29, 0.717) is 24.6 Å². The van der Waals surface area contributed by atoms with Gasteiger partial charge in [-0.15, -0.1) is 10.2 Å². The van der Waals surface area contributed by atoms with Crippen LogP contribution < -0.4 is 0 Å². The van der Waals surface area contributed by atoms with E-state index in [-0.39, 0.29) is 23.2 Å². The van der Waals surface area contributed by atoms with Crippen LogP contribution in [0.25, 0.3) is 11.6 Å². The third-order valence-electron chi connectivity index (χ3n) is 4.39. The van der Waals surface area contributed by atoms with Crippen molar-refractivity contribution in [3.05, 3.63) is 54.1 Å². The fraction of sp³-hybridized carbons (Fsp3) is 0.294. The van der Waals surface area contributed by atoms with Crippen LogP contribution in [0.4, 0.5) is 4.39 Å². The van der Waals surface area contributed by atoms with Crippen LogP contribution in [0.2, 0.25) is 0 Å². The number of hydrogen-bond donors (Lipinski definition) is 0. The summed E-state index contributed by atoms with van der Waals surface area (Å²) in [6.07, 6.45) is 3.71. The van der Waals surface area contributed by atoms with Gasteiger partial charge in [0.15, 0.2) is 0 Å². The largest absolute Gasteiger partial charge is 0.419 e. The summed E-state index contributed by atoms with van der Waals surface area (Å²) >= 11 is 0. The Kier molecular flexibility index (Phi) is 4.44. The summed E-state index contributed by atoms with van der Waals surface area (Å²) in [4.78, 5) is 8.40. The summed E-state index contributed by atoms with van der Waals surface area (Å²) < 4.78 is 45.5. The van der Waals surface area contributed by atoms with E-state index in [1.165, 1.54) is 16.4 Å². The number of aryl methyl sites for hydroxylation is 1. The first-order valence-corrected chi connectivity index (χ1v) is 9.75. The van der Waals surface area contributed by atoms with Gasteiger partial charge in [0.2, 0.25) is 15.9 Å². The molecule has 0 saturated carbocycles. The molecule has 0 radical (unpaired) electrons. The molecule has 1 unspecified atom stereocenters. The van der Waals surface area contributed by atoms with Crippen molar-refractivity contribution in [1.29, 1.82) is 0 Å². The predicted octanol–water partition coefficient (Wildman–Crippen LogP) is 2.15. The molecule has 1 saturated heterocycles. The second kappa shape index (κ2) is 6.78. The molecule has 0 aliphatic carbocycles. The van der Waals surface area contributed by atoms with Crippen molar-refractivity contribution < 1.29 is 17.2 Å². The van der Waals surface area contributed by atoms with Crippen LogP contribution in [0.1, 0.15) is 23.9 Å². The van der Waals surface area contributed by atoms with Crippen LogP contribution in [0, 0.1) is 12.7 Å². The first kappa shape index (κ1) is 17.7. The highest BCUT2D eigenvalue weighted by Crippen LogP contribution is 2.31. The number of aromatic nitrogens is 4. The molecule has 4 rings (SSSR count). The molecule has 0 bridgehead atoms. The zero-order chi connectivity index (χ0) is 19.0. The van der Waals surface area contributed by atoms with Crippen molar-refractivity contribution >= 4 is 10.0 Å². The van der Waals surface area contributed by atoms with E-state index in [1.807, 2.05) is 6.92 Å². The maximum atomic E-state index is 13.1. The van der Waals surface area contributed by atoms with Gasteiger partial charge in [0.05, 0.1) is 22.7 Å². The molecular formula is C17H16FN5O3S. The van der Waals surface area contributed by atoms with E-state index in [0.717, 1.165) is 17.8 Å². The topological polar surface area (TPSA) is 102 Å². The van der Waals surface area contributed by atoms with Gasteiger partial charge in [0.25, 0.3) is 5.89 Å². The van der Waals surface area contributed by atoms with Crippen LogP contribution in [0.5, 0.6) is 0 Å². The van der Waals surface area contributed by atoms with Gasteiger partial charge < -0.3 is 4.42 Å². The minimum atomic E-state index is -3.69. The molecule has 3 aromatic rings. The Morgan fingerprint density at radius 1 is 1.15 bits per heavy atom. The number of sulfonamides is 1. The van der Waals surface area contributed by atoms with Crippen LogP contribution in [0.3, 0.4) is 0 Å². The Bertz CT molecular complexity index is 1050. The molecule has 0 spiro atoms. The summed E-state index contributed by atoms with van der Waals surface area (Å²) in [6.45, 7) is 2.37. The van der Waals surface area contributed by atoms with Crippen molar-refractivity contribution in [2.24, 2.45) is 0 Å². The molecule has 2 aromatic heterocycles. The van der Waals surface area contributed by atoms with Gasteiger partial charge in [0.1, 0.15) is 11.5 Å². The normalized spacial score (nSPS) is 18.1. The van der Waals surface area contributed by atoms with Gasteiger partial charge in [-0.25, -0.2) is 17.8 Å². The lowest BCUT2D eigenvalue weighted by Crippen LogP contribution is -2.28. The Morgan fingerprint density at radius 3 is 2.63 bits per heavy atom. The molecule has 140 valence electrons. The molecule has 3 heterocycles. The summed E-state index contributed by atoms with van der Waals surface area (Å²) in [7, 11) is -3.69. The third kappa shape index (κ3) is 3.45. The standard InChI is InChI=1S/C17H16FN5O3S/c1-11-8-20-15(9-19-11)17-22-21-16(26-17)12-6-7-23(10-12)27(24,25)14-4-2-13(18)3-5-14/h2-5,8-9,12H,6-7,10H2,1H3. The summed E-state index contributed by atoms with van der Waals surface area (Å²) in [5, 5.41) is 8.03. The zero-order valence-electron chi connectivity index (χ0n) is 14.4. The molecule has 0 amide bonds. The lowest BCUT2D eigenvalue weighted by Gasteiger charge is -2.15. The van der Waals surface area contributed by atoms with Crippen LogP contribution >= 0.6 is 0 Å². The molecule has 27 heavy (non-hydrogen) atoms. The zero-order valence-corrected chi connectivity index (χ0v) is 15.2. The molecule has 1 atom stereocenters. The van der Waals surface area contributed by atoms with Crippen LogP contribution in [-0.2, 0) is 10.0 Å².